The van der Waals surface area contributed by atoms with Crippen molar-refractivity contribution in [3.05, 3.63) is 48.5 Å². The molecule has 0 atom stereocenters. The second-order valence-corrected chi connectivity index (χ2v) is 9.27. The van der Waals surface area contributed by atoms with E-state index in [4.69, 9.17) is 0 Å². The molecule has 0 bridgehead atoms. The Morgan fingerprint density at radius 1 is 0.931 bits per heavy atom. The van der Waals surface area contributed by atoms with E-state index in [0.717, 1.165) is 30.6 Å². The van der Waals surface area contributed by atoms with Crippen molar-refractivity contribution in [2.75, 3.05) is 49.3 Å². The van der Waals surface area contributed by atoms with Gasteiger partial charge in [0.05, 0.1) is 11.4 Å². The molecule has 1 aliphatic heterocycles. The summed E-state index contributed by atoms with van der Waals surface area (Å²) in [5.41, 5.74) is 2.48. The Hall–Kier alpha value is -2.58. The fourth-order valence-electron chi connectivity index (χ4n) is 3.23. The summed E-state index contributed by atoms with van der Waals surface area (Å²) in [6.45, 7) is 1.25. The first-order chi connectivity index (χ1) is 13.9. The van der Waals surface area contributed by atoms with Crippen LogP contribution in [0.25, 0.3) is 0 Å². The summed E-state index contributed by atoms with van der Waals surface area (Å²) in [5.74, 6) is -0.174. The van der Waals surface area contributed by atoms with Gasteiger partial charge in [0, 0.05) is 44.2 Å². The van der Waals surface area contributed by atoms with Gasteiger partial charge in [0.15, 0.2) is 0 Å². The Morgan fingerprint density at radius 3 is 2.10 bits per heavy atom. The first-order valence-corrected chi connectivity index (χ1v) is 11.2. The van der Waals surface area contributed by atoms with Crippen LogP contribution in [0.1, 0.15) is 19.3 Å². The molecule has 2 aromatic rings. The number of nitrogens with one attached hydrogen (secondary N) is 2. The van der Waals surface area contributed by atoms with Crippen molar-refractivity contribution < 1.29 is 13.2 Å². The minimum atomic E-state index is -3.44. The van der Waals surface area contributed by atoms with Gasteiger partial charge in [-0.1, -0.05) is 6.42 Å². The number of piperidine rings is 1. The van der Waals surface area contributed by atoms with Gasteiger partial charge in [-0.2, -0.15) is 4.31 Å². The van der Waals surface area contributed by atoms with Crippen LogP contribution in [0, 0.1) is 0 Å². The van der Waals surface area contributed by atoms with E-state index >= 15 is 0 Å². The van der Waals surface area contributed by atoms with Gasteiger partial charge in [0.1, 0.15) is 0 Å². The molecule has 0 unspecified atom stereocenters. The van der Waals surface area contributed by atoms with Crippen LogP contribution in [0.5, 0.6) is 0 Å². The molecule has 1 saturated heterocycles. The van der Waals surface area contributed by atoms with E-state index in [1.54, 1.807) is 28.6 Å². The number of anilines is 3. The quantitative estimate of drug-likeness (QED) is 0.725. The Morgan fingerprint density at radius 2 is 1.52 bits per heavy atom. The van der Waals surface area contributed by atoms with E-state index in [2.05, 4.69) is 10.6 Å². The zero-order valence-corrected chi connectivity index (χ0v) is 17.7. The highest BCUT2D eigenvalue weighted by Gasteiger charge is 2.25. The molecule has 2 aromatic carbocycles. The van der Waals surface area contributed by atoms with Crippen molar-refractivity contribution in [1.82, 2.24) is 4.31 Å². The van der Waals surface area contributed by atoms with Gasteiger partial charge in [-0.05, 0) is 61.4 Å². The van der Waals surface area contributed by atoms with Crippen molar-refractivity contribution in [3.8, 4) is 0 Å². The highest BCUT2D eigenvalue weighted by atomic mass is 32.2. The summed E-state index contributed by atoms with van der Waals surface area (Å²) in [4.78, 5) is 14.4. The fourth-order valence-corrected chi connectivity index (χ4v) is 4.75. The number of hydrogen-bond acceptors (Lipinski definition) is 5. The Labute approximate surface area is 172 Å². The third kappa shape index (κ3) is 5.48. The lowest BCUT2D eigenvalue weighted by atomic mass is 10.2. The van der Waals surface area contributed by atoms with Crippen molar-refractivity contribution in [1.29, 1.82) is 0 Å². The minimum Gasteiger partial charge on any atom is -0.378 e. The molecule has 1 heterocycles. The Bertz CT molecular complexity index is 919. The van der Waals surface area contributed by atoms with Gasteiger partial charge in [-0.3, -0.25) is 4.79 Å². The highest BCUT2D eigenvalue weighted by Crippen LogP contribution is 2.22. The van der Waals surface area contributed by atoms with Crippen LogP contribution in [-0.2, 0) is 14.8 Å². The van der Waals surface area contributed by atoms with Gasteiger partial charge in [0.25, 0.3) is 0 Å². The summed E-state index contributed by atoms with van der Waals surface area (Å²) in [6.07, 6.45) is 2.90. The Kier molecular flexibility index (Phi) is 6.76. The summed E-state index contributed by atoms with van der Waals surface area (Å²) >= 11 is 0. The lowest BCUT2D eigenvalue weighted by Gasteiger charge is -2.25. The summed E-state index contributed by atoms with van der Waals surface area (Å²) in [7, 11) is 0.480. The van der Waals surface area contributed by atoms with Crippen LogP contribution < -0.4 is 15.5 Å². The first-order valence-electron chi connectivity index (χ1n) is 9.77. The number of benzene rings is 2. The lowest BCUT2D eigenvalue weighted by molar-refractivity contribution is -0.114. The predicted octanol–water partition coefficient (Wildman–Crippen LogP) is 2.98. The molecule has 3 rings (SSSR count). The largest absolute Gasteiger partial charge is 0.378 e. The molecule has 156 valence electrons. The molecule has 7 nitrogen and oxygen atoms in total. The topological polar surface area (TPSA) is 81.8 Å². The van der Waals surface area contributed by atoms with Crippen molar-refractivity contribution >= 4 is 33.0 Å². The third-order valence-electron chi connectivity index (χ3n) is 4.93. The van der Waals surface area contributed by atoms with Crippen LogP contribution in [-0.4, -0.2) is 52.4 Å². The molecule has 0 spiro atoms. The van der Waals surface area contributed by atoms with E-state index in [1.165, 1.54) is 0 Å². The molecule has 0 saturated carbocycles. The van der Waals surface area contributed by atoms with Crippen molar-refractivity contribution in [3.63, 3.8) is 0 Å². The van der Waals surface area contributed by atoms with Gasteiger partial charge in [-0.25, -0.2) is 8.42 Å². The number of amides is 1. The van der Waals surface area contributed by atoms with E-state index < -0.39 is 10.0 Å². The van der Waals surface area contributed by atoms with Gasteiger partial charge in [-0.15, -0.1) is 0 Å². The maximum absolute atomic E-state index is 12.7. The SMILES string of the molecule is CN(C)c1ccc(NC(=O)CNc2ccc(S(=O)(=O)N3CCCCC3)cc2)cc1. The van der Waals surface area contributed by atoms with Crippen LogP contribution in [0.3, 0.4) is 0 Å². The second-order valence-electron chi connectivity index (χ2n) is 7.33. The smallest absolute Gasteiger partial charge is 0.243 e. The van der Waals surface area contributed by atoms with Gasteiger partial charge >= 0.3 is 0 Å². The maximum atomic E-state index is 12.7. The predicted molar refractivity (Wildman–Crippen MR) is 117 cm³/mol. The average Bonchev–Trinajstić information content (AvgIpc) is 2.73. The zero-order valence-electron chi connectivity index (χ0n) is 16.9. The van der Waals surface area contributed by atoms with Gasteiger partial charge in [0.2, 0.25) is 15.9 Å². The average molecular weight is 417 g/mol. The van der Waals surface area contributed by atoms with Gasteiger partial charge < -0.3 is 15.5 Å². The van der Waals surface area contributed by atoms with E-state index in [1.807, 2.05) is 43.3 Å². The molecule has 0 aromatic heterocycles. The molecule has 0 aliphatic carbocycles. The molecule has 0 radical (unpaired) electrons. The molecule has 29 heavy (non-hydrogen) atoms. The monoisotopic (exact) mass is 416 g/mol. The highest BCUT2D eigenvalue weighted by molar-refractivity contribution is 7.89. The molecule has 1 fully saturated rings. The van der Waals surface area contributed by atoms with E-state index in [9.17, 15) is 13.2 Å². The molecule has 1 aliphatic rings. The molecule has 1 amide bonds. The molecule has 8 heteroatoms. The van der Waals surface area contributed by atoms with Crippen molar-refractivity contribution in [2.45, 2.75) is 24.2 Å². The lowest BCUT2D eigenvalue weighted by Crippen LogP contribution is -2.35. The number of rotatable bonds is 7. The van der Waals surface area contributed by atoms with E-state index in [-0.39, 0.29) is 17.3 Å². The number of nitrogens with zero attached hydrogens (tertiary/aromatic N) is 2. The maximum Gasteiger partial charge on any atom is 0.243 e. The summed E-state index contributed by atoms with van der Waals surface area (Å²) in [6, 6.07) is 14.1. The van der Waals surface area contributed by atoms with Crippen LogP contribution in [0.4, 0.5) is 17.1 Å². The van der Waals surface area contributed by atoms with E-state index in [0.29, 0.717) is 18.8 Å². The number of hydrogen-bond donors (Lipinski definition) is 2. The normalized spacial score (nSPS) is 15.0. The standard InChI is InChI=1S/C21H28N4O3S/c1-24(2)19-10-6-18(7-11-19)23-21(26)16-22-17-8-12-20(13-9-17)29(27,28)25-14-4-3-5-15-25/h6-13,22H,3-5,14-16H2,1-2H3,(H,23,26). The first kappa shape index (κ1) is 21.1. The fraction of sp³-hybridized carbons (Fsp3) is 0.381. The molecular weight excluding hydrogens is 388 g/mol. The summed E-state index contributed by atoms with van der Waals surface area (Å²) < 4.78 is 26.9. The van der Waals surface area contributed by atoms with Crippen LogP contribution in [0.2, 0.25) is 0 Å². The Balaban J connectivity index is 1.53. The molecule has 2 N–H and O–H groups in total. The second kappa shape index (κ2) is 9.28. The van der Waals surface area contributed by atoms with Crippen LogP contribution >= 0.6 is 0 Å². The summed E-state index contributed by atoms with van der Waals surface area (Å²) in [5, 5.41) is 5.86. The number of carbonyl (C=O) groups is 1. The van der Waals surface area contributed by atoms with Crippen LogP contribution in [0.15, 0.2) is 53.4 Å². The van der Waals surface area contributed by atoms with Crippen molar-refractivity contribution in [2.24, 2.45) is 0 Å². The minimum absolute atomic E-state index is 0.0909. The number of sulfonamides is 1. The molecular formula is C21H28N4O3S. The number of carbonyl (C=O) groups excluding carboxylic acids is 1. The zero-order chi connectivity index (χ0) is 20.9. The third-order valence-corrected chi connectivity index (χ3v) is 6.84.